The third-order valence-electron chi connectivity index (χ3n) is 5.32. The predicted octanol–water partition coefficient (Wildman–Crippen LogP) is 7.22. The van der Waals surface area contributed by atoms with Crippen LogP contribution in [0.15, 0.2) is 76.5 Å². The van der Waals surface area contributed by atoms with Crippen LogP contribution in [0.3, 0.4) is 0 Å². The molecule has 0 aliphatic carbocycles. The first-order valence-electron chi connectivity index (χ1n) is 11.5. The van der Waals surface area contributed by atoms with Gasteiger partial charge in [-0.25, -0.2) is 0 Å². The number of hydrogen-bond acceptors (Lipinski definition) is 5. The molecule has 1 heterocycles. The highest BCUT2D eigenvalue weighted by atomic mass is 35.5. The number of carbonyl (C=O) groups is 2. The Kier molecular flexibility index (Phi) is 10.2. The number of ether oxygens (including phenoxy) is 2. The second-order valence-corrected chi connectivity index (χ2v) is 10.2. The summed E-state index contributed by atoms with van der Waals surface area (Å²) in [6.45, 7) is 3.72. The van der Waals surface area contributed by atoms with E-state index in [9.17, 15) is 9.59 Å². The number of anilines is 1. The van der Waals surface area contributed by atoms with Gasteiger partial charge in [-0.05, 0) is 43.2 Å². The van der Waals surface area contributed by atoms with E-state index in [1.54, 1.807) is 37.3 Å². The van der Waals surface area contributed by atoms with Crippen LogP contribution >= 0.6 is 34.5 Å². The van der Waals surface area contributed by atoms with Gasteiger partial charge in [0.2, 0.25) is 0 Å². The minimum absolute atomic E-state index is 0.0736. The molecule has 0 saturated heterocycles. The van der Waals surface area contributed by atoms with Gasteiger partial charge in [-0.2, -0.15) is 0 Å². The van der Waals surface area contributed by atoms with E-state index in [0.29, 0.717) is 44.1 Å². The van der Waals surface area contributed by atoms with Crippen molar-refractivity contribution in [3.05, 3.63) is 104 Å². The normalized spacial score (nSPS) is 12.1. The molecule has 0 fully saturated rings. The van der Waals surface area contributed by atoms with Gasteiger partial charge < -0.3 is 20.5 Å². The van der Waals surface area contributed by atoms with Gasteiger partial charge in [0.25, 0.3) is 11.8 Å². The van der Waals surface area contributed by atoms with Crippen LogP contribution in [0.25, 0.3) is 0 Å². The fourth-order valence-electron chi connectivity index (χ4n) is 3.56. The highest BCUT2D eigenvalue weighted by molar-refractivity contribution is 7.16. The summed E-state index contributed by atoms with van der Waals surface area (Å²) in [5.41, 5.74) is 7.93. The van der Waals surface area contributed by atoms with Crippen LogP contribution in [0.2, 0.25) is 0 Å². The van der Waals surface area contributed by atoms with Crippen molar-refractivity contribution in [2.75, 3.05) is 12.4 Å². The molecular formula is C28H28Cl2N2O4S. The van der Waals surface area contributed by atoms with Crippen molar-refractivity contribution in [3.63, 3.8) is 0 Å². The molecular weight excluding hydrogens is 531 g/mol. The number of rotatable bonds is 11. The second-order valence-electron chi connectivity index (χ2n) is 8.07. The molecule has 3 aromatic rings. The van der Waals surface area contributed by atoms with Crippen molar-refractivity contribution in [2.45, 2.75) is 33.3 Å². The molecule has 3 N–H and O–H groups in total. The minimum Gasteiger partial charge on any atom is -0.496 e. The minimum atomic E-state index is -0.609. The quantitative estimate of drug-likeness (QED) is 0.192. The molecule has 3 rings (SSSR count). The summed E-state index contributed by atoms with van der Waals surface area (Å²) in [6, 6.07) is 16.5. The Labute approximate surface area is 230 Å². The molecule has 37 heavy (non-hydrogen) atoms. The predicted molar refractivity (Wildman–Crippen MR) is 151 cm³/mol. The van der Waals surface area contributed by atoms with Crippen molar-refractivity contribution < 1.29 is 19.1 Å². The van der Waals surface area contributed by atoms with Gasteiger partial charge in [0.15, 0.2) is 5.76 Å². The number of nitrogens with two attached hydrogens (primary N) is 1. The summed E-state index contributed by atoms with van der Waals surface area (Å²) in [7, 11) is 1.53. The molecule has 0 atom stereocenters. The monoisotopic (exact) mass is 558 g/mol. The van der Waals surface area contributed by atoms with Crippen molar-refractivity contribution in [1.82, 2.24) is 0 Å². The average Bonchev–Trinajstić information content (AvgIpc) is 3.26. The Morgan fingerprint density at radius 2 is 1.84 bits per heavy atom. The molecule has 1 aromatic heterocycles. The number of benzene rings is 2. The van der Waals surface area contributed by atoms with Crippen molar-refractivity contribution in [2.24, 2.45) is 5.73 Å². The maximum Gasteiger partial charge on any atom is 0.256 e. The number of primary amides is 1. The van der Waals surface area contributed by atoms with E-state index in [4.69, 9.17) is 38.4 Å². The molecule has 0 bridgehead atoms. The van der Waals surface area contributed by atoms with Crippen LogP contribution in [0.1, 0.15) is 57.0 Å². The Morgan fingerprint density at radius 1 is 1.11 bits per heavy atom. The molecule has 2 amide bonds. The fraction of sp³-hybridized carbons (Fsp3) is 0.214. The van der Waals surface area contributed by atoms with E-state index in [1.165, 1.54) is 18.4 Å². The smallest absolute Gasteiger partial charge is 0.256 e. The molecule has 6 nitrogen and oxygen atoms in total. The molecule has 9 heteroatoms. The maximum atomic E-state index is 13.1. The molecule has 0 aliphatic heterocycles. The standard InChI is InChI=1S/C28H28Cl2N2O4S/c1-4-8-23(30)25(17(2)29)36-16-20-14-19(11-12-24(20)35-3)27(34)32-28-22(26(31)33)15-21(37-28)13-18-9-6-5-7-10-18/h5-12,14-15H,4,13,16H2,1-3H3,(H2,31,33)(H,32,34)/b23-8+,25-17-. The zero-order valence-electron chi connectivity index (χ0n) is 20.8. The second kappa shape index (κ2) is 13.3. The third kappa shape index (κ3) is 7.61. The summed E-state index contributed by atoms with van der Waals surface area (Å²) >= 11 is 13.8. The first-order chi connectivity index (χ1) is 17.7. The van der Waals surface area contributed by atoms with E-state index >= 15 is 0 Å². The summed E-state index contributed by atoms with van der Waals surface area (Å²) in [5, 5.41) is 4.05. The Hall–Kier alpha value is -3.26. The van der Waals surface area contributed by atoms with E-state index < -0.39 is 11.8 Å². The summed E-state index contributed by atoms with van der Waals surface area (Å²) in [4.78, 5) is 26.1. The number of thiophene rings is 1. The van der Waals surface area contributed by atoms with Gasteiger partial charge in [-0.15, -0.1) is 11.3 Å². The van der Waals surface area contributed by atoms with Gasteiger partial charge in [-0.3, -0.25) is 9.59 Å². The number of carbonyl (C=O) groups excluding carboxylic acids is 2. The highest BCUT2D eigenvalue weighted by Gasteiger charge is 2.19. The van der Waals surface area contributed by atoms with E-state index in [1.807, 2.05) is 37.3 Å². The highest BCUT2D eigenvalue weighted by Crippen LogP contribution is 2.31. The van der Waals surface area contributed by atoms with Gasteiger partial charge in [0, 0.05) is 22.4 Å². The number of hydrogen-bond donors (Lipinski definition) is 2. The van der Waals surface area contributed by atoms with Crippen LogP contribution in [0.5, 0.6) is 5.75 Å². The molecule has 0 unspecified atom stereocenters. The lowest BCUT2D eigenvalue weighted by Gasteiger charge is -2.14. The zero-order chi connectivity index (χ0) is 26.9. The number of allylic oxidation sites excluding steroid dienone is 3. The topological polar surface area (TPSA) is 90.6 Å². The Bertz CT molecular complexity index is 1330. The third-order valence-corrected chi connectivity index (χ3v) is 6.87. The molecule has 0 radical (unpaired) electrons. The van der Waals surface area contributed by atoms with Crippen LogP contribution in [-0.4, -0.2) is 18.9 Å². The molecule has 2 aromatic carbocycles. The van der Waals surface area contributed by atoms with Crippen molar-refractivity contribution in [1.29, 1.82) is 0 Å². The first kappa shape index (κ1) is 28.3. The van der Waals surface area contributed by atoms with Gasteiger partial charge >= 0.3 is 0 Å². The largest absolute Gasteiger partial charge is 0.496 e. The number of nitrogens with one attached hydrogen (secondary N) is 1. The average molecular weight is 560 g/mol. The van der Waals surface area contributed by atoms with Gasteiger partial charge in [-0.1, -0.05) is 66.5 Å². The van der Waals surface area contributed by atoms with Crippen LogP contribution < -0.4 is 15.8 Å². The maximum absolute atomic E-state index is 13.1. The summed E-state index contributed by atoms with van der Waals surface area (Å²) in [6.07, 6.45) is 3.14. The number of methoxy groups -OCH3 is 1. The lowest BCUT2D eigenvalue weighted by atomic mass is 10.1. The summed E-state index contributed by atoms with van der Waals surface area (Å²) < 4.78 is 11.3. The van der Waals surface area contributed by atoms with Crippen LogP contribution in [0, 0.1) is 0 Å². The van der Waals surface area contributed by atoms with E-state index in [2.05, 4.69) is 5.32 Å². The van der Waals surface area contributed by atoms with Gasteiger partial charge in [0.1, 0.15) is 17.4 Å². The molecule has 194 valence electrons. The molecule has 0 spiro atoms. The van der Waals surface area contributed by atoms with Crippen molar-refractivity contribution in [3.8, 4) is 5.75 Å². The van der Waals surface area contributed by atoms with E-state index in [-0.39, 0.29) is 12.2 Å². The Balaban J connectivity index is 1.82. The number of halogens is 2. The summed E-state index contributed by atoms with van der Waals surface area (Å²) in [5.74, 6) is -0.106. The molecule has 0 aliphatic rings. The van der Waals surface area contributed by atoms with Gasteiger partial charge in [0.05, 0.1) is 22.7 Å². The lowest BCUT2D eigenvalue weighted by Crippen LogP contribution is -2.16. The van der Waals surface area contributed by atoms with Crippen LogP contribution in [-0.2, 0) is 17.8 Å². The number of amides is 2. The molecule has 0 saturated carbocycles. The van der Waals surface area contributed by atoms with E-state index in [0.717, 1.165) is 16.9 Å². The fourth-order valence-corrected chi connectivity index (χ4v) is 5.21. The van der Waals surface area contributed by atoms with Crippen LogP contribution in [0.4, 0.5) is 5.00 Å². The first-order valence-corrected chi connectivity index (χ1v) is 13.1. The SMILES string of the molecule is CC/C=C(Cl)\C(OCc1cc(C(=O)Nc2sc(Cc3ccccc3)cc2C(N)=O)ccc1OC)=C(/C)Cl. The van der Waals surface area contributed by atoms with Crippen molar-refractivity contribution >= 4 is 51.4 Å². The zero-order valence-corrected chi connectivity index (χ0v) is 23.1. The lowest BCUT2D eigenvalue weighted by molar-refractivity contribution is 0.100. The Morgan fingerprint density at radius 3 is 2.46 bits per heavy atom.